The lowest BCUT2D eigenvalue weighted by Gasteiger charge is -2.41. The topological polar surface area (TPSA) is 66.6 Å². The van der Waals surface area contributed by atoms with Gasteiger partial charge in [-0.1, -0.05) is 48.5 Å². The van der Waals surface area contributed by atoms with E-state index in [0.717, 1.165) is 32.1 Å². The molecule has 1 aromatic carbocycles. The molecule has 1 aliphatic carbocycles. The van der Waals surface area contributed by atoms with Crippen molar-refractivity contribution in [1.29, 1.82) is 0 Å². The zero-order chi connectivity index (χ0) is 18.0. The fraction of sp³-hybridized carbons (Fsp3) is 0.556. The second kappa shape index (κ2) is 8.79. The third-order valence-electron chi connectivity index (χ3n) is 5.20. The van der Waals surface area contributed by atoms with E-state index in [-0.39, 0.29) is 24.2 Å². The van der Waals surface area contributed by atoms with Gasteiger partial charge < -0.3 is 15.5 Å². The Bertz CT molecular complexity index is 649. The summed E-state index contributed by atoms with van der Waals surface area (Å²) in [5.41, 5.74) is 5.95. The molecule has 144 valence electrons. The van der Waals surface area contributed by atoms with E-state index in [4.69, 9.17) is 28.9 Å². The van der Waals surface area contributed by atoms with Gasteiger partial charge in [0.15, 0.2) is 0 Å². The van der Waals surface area contributed by atoms with Crippen molar-refractivity contribution in [3.8, 4) is 0 Å². The van der Waals surface area contributed by atoms with Crippen molar-refractivity contribution in [3.63, 3.8) is 0 Å². The average Bonchev–Trinajstić information content (AvgIpc) is 2.61. The standard InChI is InChI=1S/C18H23Cl2N3O2.ClH/c19-13-5-4-6-14(20)15(13)16(24)22-9-11-23(12-10-22)17(25)18(21)7-2-1-3-8-18;/h4-6H,1-3,7-12,21H2;1H. The zero-order valence-electron chi connectivity index (χ0n) is 14.5. The van der Waals surface area contributed by atoms with E-state index in [9.17, 15) is 9.59 Å². The van der Waals surface area contributed by atoms with Crippen LogP contribution in [-0.4, -0.2) is 53.3 Å². The summed E-state index contributed by atoms with van der Waals surface area (Å²) in [6.45, 7) is 1.90. The van der Waals surface area contributed by atoms with Crippen LogP contribution in [0.3, 0.4) is 0 Å². The van der Waals surface area contributed by atoms with Crippen molar-refractivity contribution in [1.82, 2.24) is 9.80 Å². The van der Waals surface area contributed by atoms with Gasteiger partial charge in [-0.3, -0.25) is 9.59 Å². The van der Waals surface area contributed by atoms with Gasteiger partial charge in [-0.05, 0) is 25.0 Å². The molecule has 1 saturated heterocycles. The van der Waals surface area contributed by atoms with Crippen LogP contribution in [0.2, 0.25) is 10.0 Å². The summed E-state index contributed by atoms with van der Waals surface area (Å²) < 4.78 is 0. The summed E-state index contributed by atoms with van der Waals surface area (Å²) in [5, 5.41) is 0.693. The van der Waals surface area contributed by atoms with Crippen molar-refractivity contribution in [2.45, 2.75) is 37.6 Å². The van der Waals surface area contributed by atoms with E-state index in [2.05, 4.69) is 0 Å². The number of carbonyl (C=O) groups is 2. The number of rotatable bonds is 2. The molecule has 5 nitrogen and oxygen atoms in total. The van der Waals surface area contributed by atoms with Gasteiger partial charge in [0, 0.05) is 26.2 Å². The molecule has 0 unspecified atom stereocenters. The van der Waals surface area contributed by atoms with E-state index in [1.807, 2.05) is 0 Å². The Balaban J connectivity index is 0.00000243. The Morgan fingerprint density at radius 3 is 1.96 bits per heavy atom. The quantitative estimate of drug-likeness (QED) is 0.798. The molecule has 0 bridgehead atoms. The molecule has 3 rings (SSSR count). The van der Waals surface area contributed by atoms with Crippen molar-refractivity contribution < 1.29 is 9.59 Å². The lowest BCUT2D eigenvalue weighted by molar-refractivity contribution is -0.139. The second-order valence-corrected chi connectivity index (χ2v) is 7.71. The SMILES string of the molecule is Cl.NC1(C(=O)N2CCN(C(=O)c3c(Cl)cccc3Cl)CC2)CCCCC1. The van der Waals surface area contributed by atoms with Crippen LogP contribution in [-0.2, 0) is 4.79 Å². The summed E-state index contributed by atoms with van der Waals surface area (Å²) in [5.74, 6) is -0.169. The first-order valence-corrected chi connectivity index (χ1v) is 9.49. The van der Waals surface area contributed by atoms with Crippen LogP contribution in [0.5, 0.6) is 0 Å². The van der Waals surface area contributed by atoms with Crippen molar-refractivity contribution in [2.24, 2.45) is 5.73 Å². The highest BCUT2D eigenvalue weighted by atomic mass is 35.5. The van der Waals surface area contributed by atoms with Gasteiger partial charge in [-0.2, -0.15) is 0 Å². The molecular weight excluding hydrogens is 397 g/mol. The zero-order valence-corrected chi connectivity index (χ0v) is 16.9. The predicted molar refractivity (Wildman–Crippen MR) is 106 cm³/mol. The van der Waals surface area contributed by atoms with Gasteiger partial charge in [0.25, 0.3) is 5.91 Å². The predicted octanol–water partition coefficient (Wildman–Crippen LogP) is 3.36. The molecule has 2 amide bonds. The number of hydrogen-bond acceptors (Lipinski definition) is 3. The highest BCUT2D eigenvalue weighted by Crippen LogP contribution is 2.29. The summed E-state index contributed by atoms with van der Waals surface area (Å²) in [6, 6.07) is 5.02. The monoisotopic (exact) mass is 419 g/mol. The Morgan fingerprint density at radius 1 is 0.923 bits per heavy atom. The molecule has 2 aliphatic rings. The van der Waals surface area contributed by atoms with Crippen LogP contribution in [0.1, 0.15) is 42.5 Å². The maximum absolute atomic E-state index is 12.8. The second-order valence-electron chi connectivity index (χ2n) is 6.90. The lowest BCUT2D eigenvalue weighted by atomic mass is 9.81. The Hall–Kier alpha value is -1.01. The normalized spacial score (nSPS) is 19.7. The third kappa shape index (κ3) is 4.28. The minimum absolute atomic E-state index is 0. The first-order valence-electron chi connectivity index (χ1n) is 8.74. The Labute approximate surface area is 170 Å². The number of halogens is 3. The molecule has 1 aromatic rings. The summed E-state index contributed by atoms with van der Waals surface area (Å²) in [6.07, 6.45) is 4.66. The molecule has 0 radical (unpaired) electrons. The number of benzene rings is 1. The molecule has 8 heteroatoms. The van der Waals surface area contributed by atoms with Gasteiger partial charge in [-0.15, -0.1) is 12.4 Å². The minimum atomic E-state index is -0.726. The summed E-state index contributed by atoms with van der Waals surface area (Å²) in [4.78, 5) is 29.0. The van der Waals surface area contributed by atoms with Crippen molar-refractivity contribution in [3.05, 3.63) is 33.8 Å². The number of hydrogen-bond donors (Lipinski definition) is 1. The maximum Gasteiger partial charge on any atom is 0.257 e. The smallest absolute Gasteiger partial charge is 0.257 e. The largest absolute Gasteiger partial charge is 0.338 e. The Morgan fingerprint density at radius 2 is 1.42 bits per heavy atom. The molecular formula is C18H24Cl3N3O2. The maximum atomic E-state index is 12.8. The van der Waals surface area contributed by atoms with E-state index >= 15 is 0 Å². The van der Waals surface area contributed by atoms with E-state index < -0.39 is 5.54 Å². The van der Waals surface area contributed by atoms with Crippen LogP contribution in [0.25, 0.3) is 0 Å². The minimum Gasteiger partial charge on any atom is -0.338 e. The van der Waals surface area contributed by atoms with Crippen LogP contribution in [0, 0.1) is 0 Å². The van der Waals surface area contributed by atoms with Gasteiger partial charge in [0.1, 0.15) is 0 Å². The third-order valence-corrected chi connectivity index (χ3v) is 5.83. The first-order chi connectivity index (χ1) is 11.9. The van der Waals surface area contributed by atoms with E-state index in [1.165, 1.54) is 0 Å². The molecule has 0 spiro atoms. The highest BCUT2D eigenvalue weighted by molar-refractivity contribution is 6.39. The number of nitrogens with two attached hydrogens (primary N) is 1. The molecule has 1 saturated carbocycles. The number of amides is 2. The molecule has 2 fully saturated rings. The van der Waals surface area contributed by atoms with Gasteiger partial charge in [-0.25, -0.2) is 0 Å². The van der Waals surface area contributed by atoms with Crippen LogP contribution in [0.4, 0.5) is 0 Å². The molecule has 2 N–H and O–H groups in total. The van der Waals surface area contributed by atoms with Gasteiger partial charge >= 0.3 is 0 Å². The Kier molecular flexibility index (Phi) is 7.19. The lowest BCUT2D eigenvalue weighted by Crippen LogP contribution is -2.60. The number of nitrogens with zero attached hydrogens (tertiary/aromatic N) is 2. The molecule has 26 heavy (non-hydrogen) atoms. The number of carbonyl (C=O) groups excluding carboxylic acids is 2. The van der Waals surface area contributed by atoms with Gasteiger partial charge in [0.2, 0.25) is 5.91 Å². The number of piperazine rings is 1. The highest BCUT2D eigenvalue weighted by Gasteiger charge is 2.39. The van der Waals surface area contributed by atoms with Crippen LogP contribution >= 0.6 is 35.6 Å². The molecule has 0 aromatic heterocycles. The van der Waals surface area contributed by atoms with Gasteiger partial charge in [0.05, 0.1) is 21.1 Å². The average molecular weight is 421 g/mol. The van der Waals surface area contributed by atoms with E-state index in [0.29, 0.717) is 41.8 Å². The van der Waals surface area contributed by atoms with E-state index in [1.54, 1.807) is 28.0 Å². The molecule has 1 heterocycles. The van der Waals surface area contributed by atoms with Crippen LogP contribution in [0.15, 0.2) is 18.2 Å². The fourth-order valence-corrected chi connectivity index (χ4v) is 4.24. The fourth-order valence-electron chi connectivity index (χ4n) is 3.68. The first kappa shape index (κ1) is 21.3. The molecule has 0 atom stereocenters. The van der Waals surface area contributed by atoms with Crippen molar-refractivity contribution >= 4 is 47.4 Å². The van der Waals surface area contributed by atoms with Crippen LogP contribution < -0.4 is 5.73 Å². The summed E-state index contributed by atoms with van der Waals surface area (Å²) >= 11 is 12.3. The summed E-state index contributed by atoms with van der Waals surface area (Å²) in [7, 11) is 0. The molecule has 1 aliphatic heterocycles. The van der Waals surface area contributed by atoms with Crippen molar-refractivity contribution in [2.75, 3.05) is 26.2 Å².